The van der Waals surface area contributed by atoms with Crippen molar-refractivity contribution in [2.24, 2.45) is 11.8 Å². The van der Waals surface area contributed by atoms with E-state index < -0.39 is 0 Å². The van der Waals surface area contributed by atoms with Crippen molar-refractivity contribution in [3.8, 4) is 0 Å². The monoisotopic (exact) mass is 316 g/mol. The summed E-state index contributed by atoms with van der Waals surface area (Å²) in [5.74, 6) is 6.35. The predicted octanol–water partition coefficient (Wildman–Crippen LogP) is 4.19. The van der Waals surface area contributed by atoms with Gasteiger partial charge in [-0.2, -0.15) is 0 Å². The molecule has 2 rings (SSSR count). The van der Waals surface area contributed by atoms with Crippen LogP contribution in [0, 0.1) is 5.92 Å². The fraction of sp³-hybridized carbons (Fsp3) is 0.538. The van der Waals surface area contributed by atoms with Gasteiger partial charge in [-0.3, -0.25) is 11.3 Å². The third-order valence-electron chi connectivity index (χ3n) is 3.54. The van der Waals surface area contributed by atoms with Gasteiger partial charge in [-0.1, -0.05) is 46.8 Å². The summed E-state index contributed by atoms with van der Waals surface area (Å²) in [4.78, 5) is 0. The van der Waals surface area contributed by atoms with Gasteiger partial charge >= 0.3 is 0 Å². The van der Waals surface area contributed by atoms with E-state index in [0.717, 1.165) is 9.50 Å². The van der Waals surface area contributed by atoms with Gasteiger partial charge in [0.15, 0.2) is 0 Å². The van der Waals surface area contributed by atoms with Gasteiger partial charge in [0.25, 0.3) is 0 Å². The molecule has 94 valence electrons. The number of benzene rings is 1. The quantitative estimate of drug-likeness (QED) is 0.648. The van der Waals surface area contributed by atoms with Gasteiger partial charge in [0.05, 0.1) is 0 Å². The van der Waals surface area contributed by atoms with Crippen LogP contribution >= 0.6 is 27.5 Å². The zero-order chi connectivity index (χ0) is 12.3. The molecule has 0 spiro atoms. The molecule has 1 unspecified atom stereocenters. The highest BCUT2D eigenvalue weighted by Crippen LogP contribution is 2.35. The molecule has 0 aliphatic heterocycles. The highest BCUT2D eigenvalue weighted by molar-refractivity contribution is 9.10. The lowest BCUT2D eigenvalue weighted by Crippen LogP contribution is -2.34. The normalized spacial score (nSPS) is 19.2. The van der Waals surface area contributed by atoms with Crippen LogP contribution < -0.4 is 11.3 Å². The van der Waals surface area contributed by atoms with E-state index in [9.17, 15) is 0 Å². The largest absolute Gasteiger partial charge is 0.271 e. The first-order valence-electron chi connectivity index (χ1n) is 6.13. The van der Waals surface area contributed by atoms with Crippen LogP contribution in [0.4, 0.5) is 0 Å². The lowest BCUT2D eigenvalue weighted by atomic mass is 9.81. The molecule has 0 radical (unpaired) electrons. The van der Waals surface area contributed by atoms with Crippen molar-refractivity contribution in [2.75, 3.05) is 0 Å². The molecular formula is C13H18BrClN2. The third-order valence-corrected chi connectivity index (χ3v) is 4.22. The Morgan fingerprint density at radius 2 is 1.94 bits per heavy atom. The molecule has 1 aliphatic carbocycles. The van der Waals surface area contributed by atoms with Crippen molar-refractivity contribution in [3.05, 3.63) is 33.3 Å². The van der Waals surface area contributed by atoms with Crippen molar-refractivity contribution in [2.45, 2.75) is 38.1 Å². The first kappa shape index (κ1) is 13.3. The maximum atomic E-state index is 6.09. The van der Waals surface area contributed by atoms with Crippen LogP contribution in [-0.2, 0) is 0 Å². The van der Waals surface area contributed by atoms with E-state index in [1.165, 1.54) is 37.7 Å². The van der Waals surface area contributed by atoms with E-state index in [1.54, 1.807) is 0 Å². The average Bonchev–Trinajstić information content (AvgIpc) is 2.30. The topological polar surface area (TPSA) is 38.0 Å². The maximum Gasteiger partial charge on any atom is 0.0489 e. The van der Waals surface area contributed by atoms with E-state index in [2.05, 4.69) is 27.4 Å². The average molecular weight is 318 g/mol. The highest BCUT2D eigenvalue weighted by atomic mass is 79.9. The van der Waals surface area contributed by atoms with E-state index >= 15 is 0 Å². The van der Waals surface area contributed by atoms with Gasteiger partial charge in [0.2, 0.25) is 0 Å². The molecule has 0 saturated heterocycles. The molecule has 1 aliphatic rings. The number of halogens is 2. The minimum atomic E-state index is 0.213. The number of rotatable bonds is 3. The third kappa shape index (κ3) is 3.44. The highest BCUT2D eigenvalue weighted by Gasteiger charge is 2.24. The van der Waals surface area contributed by atoms with Crippen LogP contribution in [0.25, 0.3) is 0 Å². The standard InChI is InChI=1S/C13H18BrClN2/c14-11-6-10(7-12(15)8-11)13(17-16)9-4-2-1-3-5-9/h6-9,13,17H,1-5,16H2. The molecule has 1 saturated carbocycles. The van der Waals surface area contributed by atoms with Crippen molar-refractivity contribution >= 4 is 27.5 Å². The Morgan fingerprint density at radius 1 is 1.24 bits per heavy atom. The lowest BCUT2D eigenvalue weighted by Gasteiger charge is -2.30. The fourth-order valence-corrected chi connectivity index (χ4v) is 3.61. The van der Waals surface area contributed by atoms with Crippen LogP contribution in [0.2, 0.25) is 5.02 Å². The van der Waals surface area contributed by atoms with Crippen LogP contribution in [0.5, 0.6) is 0 Å². The second-order valence-corrected chi connectivity index (χ2v) is 6.10. The smallest absolute Gasteiger partial charge is 0.0489 e. The summed E-state index contributed by atoms with van der Waals surface area (Å²) in [5.41, 5.74) is 4.14. The molecule has 3 N–H and O–H groups in total. The Labute approximate surface area is 116 Å². The zero-order valence-corrected chi connectivity index (χ0v) is 12.1. The molecule has 0 aromatic heterocycles. The van der Waals surface area contributed by atoms with Crippen LogP contribution in [0.3, 0.4) is 0 Å². The molecule has 0 amide bonds. The maximum absolute atomic E-state index is 6.09. The van der Waals surface area contributed by atoms with Crippen molar-refractivity contribution in [1.82, 2.24) is 5.43 Å². The summed E-state index contributed by atoms with van der Waals surface area (Å²) in [7, 11) is 0. The van der Waals surface area contributed by atoms with Crippen molar-refractivity contribution in [3.63, 3.8) is 0 Å². The Morgan fingerprint density at radius 3 is 2.53 bits per heavy atom. The van der Waals surface area contributed by atoms with Crippen LogP contribution in [-0.4, -0.2) is 0 Å². The van der Waals surface area contributed by atoms with E-state index in [4.69, 9.17) is 17.4 Å². The molecule has 0 heterocycles. The van der Waals surface area contributed by atoms with Gasteiger partial charge in [0.1, 0.15) is 0 Å². The summed E-state index contributed by atoms with van der Waals surface area (Å²) < 4.78 is 1.01. The molecule has 2 nitrogen and oxygen atoms in total. The molecule has 17 heavy (non-hydrogen) atoms. The van der Waals surface area contributed by atoms with Gasteiger partial charge < -0.3 is 0 Å². The Balaban J connectivity index is 2.21. The first-order valence-corrected chi connectivity index (χ1v) is 7.30. The Bertz CT molecular complexity index is 357. The van der Waals surface area contributed by atoms with Gasteiger partial charge in [-0.15, -0.1) is 0 Å². The molecule has 0 bridgehead atoms. The Kier molecular flexibility index (Phi) is 4.86. The minimum Gasteiger partial charge on any atom is -0.271 e. The minimum absolute atomic E-state index is 0.213. The summed E-state index contributed by atoms with van der Waals surface area (Å²) in [5, 5.41) is 0.755. The summed E-state index contributed by atoms with van der Waals surface area (Å²) in [6.07, 6.45) is 6.47. The molecular weight excluding hydrogens is 300 g/mol. The van der Waals surface area contributed by atoms with Crippen molar-refractivity contribution in [1.29, 1.82) is 0 Å². The molecule has 1 fully saturated rings. The zero-order valence-electron chi connectivity index (χ0n) is 9.76. The second-order valence-electron chi connectivity index (χ2n) is 4.75. The van der Waals surface area contributed by atoms with Crippen LogP contribution in [0.15, 0.2) is 22.7 Å². The molecule has 1 atom stereocenters. The summed E-state index contributed by atoms with van der Waals surface area (Å²) >= 11 is 9.57. The predicted molar refractivity (Wildman–Crippen MR) is 75.8 cm³/mol. The van der Waals surface area contributed by atoms with Crippen LogP contribution in [0.1, 0.15) is 43.7 Å². The van der Waals surface area contributed by atoms with Crippen molar-refractivity contribution < 1.29 is 0 Å². The number of nitrogens with one attached hydrogen (secondary N) is 1. The summed E-state index contributed by atoms with van der Waals surface area (Å²) in [6.45, 7) is 0. The van der Waals surface area contributed by atoms with Gasteiger partial charge in [-0.05, 0) is 42.5 Å². The van der Waals surface area contributed by atoms with Gasteiger partial charge in [-0.25, -0.2) is 0 Å². The van der Waals surface area contributed by atoms with E-state index in [1.807, 2.05) is 12.1 Å². The Hall–Kier alpha value is -0.0900. The summed E-state index contributed by atoms with van der Waals surface area (Å²) in [6, 6.07) is 6.22. The number of hydrogen-bond acceptors (Lipinski definition) is 2. The molecule has 1 aromatic carbocycles. The lowest BCUT2D eigenvalue weighted by molar-refractivity contribution is 0.273. The molecule has 4 heteroatoms. The fourth-order valence-electron chi connectivity index (χ4n) is 2.73. The molecule has 1 aromatic rings. The second kappa shape index (κ2) is 6.19. The number of hydrazine groups is 1. The first-order chi connectivity index (χ1) is 8.20. The van der Waals surface area contributed by atoms with Gasteiger partial charge in [0, 0.05) is 15.5 Å². The SMILES string of the molecule is NNC(c1cc(Cl)cc(Br)c1)C1CCCCC1. The van der Waals surface area contributed by atoms with E-state index in [0.29, 0.717) is 5.92 Å². The number of hydrogen-bond donors (Lipinski definition) is 2. The number of nitrogens with two attached hydrogens (primary N) is 1. The van der Waals surface area contributed by atoms with E-state index in [-0.39, 0.29) is 6.04 Å².